The lowest BCUT2D eigenvalue weighted by molar-refractivity contribution is -0.132. The number of hydrogen-bond acceptors (Lipinski definition) is 5. The first kappa shape index (κ1) is 20.6. The number of urea groups is 1. The SMILES string of the molecule is Cc1cc(NC(=O)NC(=O)C2CC(OCC3CC3)C2)ccc1Oc1ccc(Cl)cn1. The Labute approximate surface area is 180 Å². The van der Waals surface area contributed by atoms with Gasteiger partial charge in [0, 0.05) is 30.5 Å². The minimum absolute atomic E-state index is 0.148. The summed E-state index contributed by atoms with van der Waals surface area (Å²) in [5.41, 5.74) is 1.37. The monoisotopic (exact) mass is 429 g/mol. The van der Waals surface area contributed by atoms with Gasteiger partial charge in [0.05, 0.1) is 11.1 Å². The van der Waals surface area contributed by atoms with Crippen molar-refractivity contribution < 1.29 is 19.1 Å². The molecule has 2 aliphatic carbocycles. The van der Waals surface area contributed by atoms with Gasteiger partial charge in [0.25, 0.3) is 0 Å². The molecule has 0 aliphatic heterocycles. The Bertz CT molecular complexity index is 924. The van der Waals surface area contributed by atoms with E-state index in [-0.39, 0.29) is 17.9 Å². The molecule has 4 rings (SSSR count). The minimum Gasteiger partial charge on any atom is -0.439 e. The number of ether oxygens (including phenoxy) is 2. The Hall–Kier alpha value is -2.64. The van der Waals surface area contributed by atoms with Crippen LogP contribution in [0.4, 0.5) is 10.5 Å². The Kier molecular flexibility index (Phi) is 6.20. The molecule has 3 amide bonds. The molecule has 2 aliphatic rings. The standard InChI is InChI=1S/C22H24ClN3O4/c1-13-8-17(5-6-19(13)30-20-7-4-16(23)11-24-20)25-22(28)26-21(27)15-9-18(10-15)29-12-14-2-3-14/h4-8,11,14-15,18H,2-3,9-10,12H2,1H3,(H2,25,26,27,28). The van der Waals surface area contributed by atoms with E-state index in [9.17, 15) is 9.59 Å². The second kappa shape index (κ2) is 9.02. The molecule has 2 saturated carbocycles. The molecule has 1 aromatic heterocycles. The first-order valence-electron chi connectivity index (χ1n) is 10.1. The van der Waals surface area contributed by atoms with Crippen LogP contribution in [0.25, 0.3) is 0 Å². The third kappa shape index (κ3) is 5.49. The van der Waals surface area contributed by atoms with Crippen LogP contribution < -0.4 is 15.4 Å². The van der Waals surface area contributed by atoms with Gasteiger partial charge in [-0.3, -0.25) is 10.1 Å². The third-order valence-corrected chi connectivity index (χ3v) is 5.54. The van der Waals surface area contributed by atoms with E-state index in [4.69, 9.17) is 21.1 Å². The molecule has 1 aromatic carbocycles. The summed E-state index contributed by atoms with van der Waals surface area (Å²) < 4.78 is 11.5. The van der Waals surface area contributed by atoms with Gasteiger partial charge in [-0.15, -0.1) is 0 Å². The Morgan fingerprint density at radius 1 is 1.20 bits per heavy atom. The van der Waals surface area contributed by atoms with Crippen LogP contribution in [0.3, 0.4) is 0 Å². The number of amides is 3. The van der Waals surface area contributed by atoms with Crippen LogP contribution in [0, 0.1) is 18.8 Å². The summed E-state index contributed by atoms with van der Waals surface area (Å²) in [5, 5.41) is 5.62. The topological polar surface area (TPSA) is 89.6 Å². The van der Waals surface area contributed by atoms with Crippen LogP contribution in [0.1, 0.15) is 31.2 Å². The second-order valence-electron chi connectivity index (χ2n) is 7.91. The quantitative estimate of drug-likeness (QED) is 0.666. The van der Waals surface area contributed by atoms with Gasteiger partial charge in [-0.25, -0.2) is 9.78 Å². The van der Waals surface area contributed by atoms with E-state index in [1.807, 2.05) is 6.92 Å². The molecule has 158 valence electrons. The fourth-order valence-corrected chi connectivity index (χ4v) is 3.34. The lowest BCUT2D eigenvalue weighted by Gasteiger charge is -2.33. The number of nitrogens with one attached hydrogen (secondary N) is 2. The van der Waals surface area contributed by atoms with Gasteiger partial charge < -0.3 is 14.8 Å². The van der Waals surface area contributed by atoms with Gasteiger partial charge >= 0.3 is 6.03 Å². The predicted octanol–water partition coefficient (Wildman–Crippen LogP) is 4.69. The average molecular weight is 430 g/mol. The molecule has 0 saturated heterocycles. The minimum atomic E-state index is -0.546. The summed E-state index contributed by atoms with van der Waals surface area (Å²) in [7, 11) is 0. The highest BCUT2D eigenvalue weighted by Gasteiger charge is 2.37. The number of carbonyl (C=O) groups is 2. The van der Waals surface area contributed by atoms with Crippen LogP contribution in [0.5, 0.6) is 11.6 Å². The number of halogens is 1. The van der Waals surface area contributed by atoms with Crippen molar-refractivity contribution in [3.8, 4) is 11.6 Å². The van der Waals surface area contributed by atoms with Crippen LogP contribution in [-0.4, -0.2) is 29.6 Å². The molecule has 1 heterocycles. The number of hydrogen-bond donors (Lipinski definition) is 2. The van der Waals surface area contributed by atoms with Gasteiger partial charge in [-0.2, -0.15) is 0 Å². The zero-order valence-corrected chi connectivity index (χ0v) is 17.4. The normalized spacial score (nSPS) is 20.2. The maximum atomic E-state index is 12.2. The van der Waals surface area contributed by atoms with E-state index < -0.39 is 6.03 Å². The maximum Gasteiger partial charge on any atom is 0.325 e. The molecule has 0 bridgehead atoms. The lowest BCUT2D eigenvalue weighted by Crippen LogP contribution is -2.45. The number of benzene rings is 1. The Morgan fingerprint density at radius 3 is 2.67 bits per heavy atom. The highest BCUT2D eigenvalue weighted by atomic mass is 35.5. The van der Waals surface area contributed by atoms with Crippen LogP contribution in [0.2, 0.25) is 5.02 Å². The number of aryl methyl sites for hydroxylation is 1. The van der Waals surface area contributed by atoms with Crippen LogP contribution in [-0.2, 0) is 9.53 Å². The van der Waals surface area contributed by atoms with Crippen molar-refractivity contribution >= 4 is 29.2 Å². The molecule has 30 heavy (non-hydrogen) atoms. The first-order chi connectivity index (χ1) is 14.5. The highest BCUT2D eigenvalue weighted by Crippen LogP contribution is 2.34. The fourth-order valence-electron chi connectivity index (χ4n) is 3.23. The van der Waals surface area contributed by atoms with Crippen LogP contribution in [0.15, 0.2) is 36.5 Å². The van der Waals surface area contributed by atoms with Crippen molar-refractivity contribution in [3.63, 3.8) is 0 Å². The number of pyridine rings is 1. The predicted molar refractivity (Wildman–Crippen MR) is 113 cm³/mol. The zero-order chi connectivity index (χ0) is 21.1. The molecule has 0 atom stereocenters. The van der Waals surface area contributed by atoms with Crippen molar-refractivity contribution in [1.29, 1.82) is 0 Å². The molecule has 0 radical (unpaired) electrons. The summed E-state index contributed by atoms with van der Waals surface area (Å²) in [6.07, 6.45) is 5.51. The summed E-state index contributed by atoms with van der Waals surface area (Å²) in [6.45, 7) is 2.66. The summed E-state index contributed by atoms with van der Waals surface area (Å²) in [5.74, 6) is 1.32. The Morgan fingerprint density at radius 2 is 2.00 bits per heavy atom. The van der Waals surface area contributed by atoms with Crippen molar-refractivity contribution in [3.05, 3.63) is 47.1 Å². The van der Waals surface area contributed by atoms with Crippen molar-refractivity contribution in [2.45, 2.75) is 38.7 Å². The van der Waals surface area contributed by atoms with E-state index in [1.165, 1.54) is 19.0 Å². The number of imide groups is 1. The molecule has 2 aromatic rings. The van der Waals surface area contributed by atoms with E-state index in [0.29, 0.717) is 41.1 Å². The lowest BCUT2D eigenvalue weighted by atomic mass is 9.81. The van der Waals surface area contributed by atoms with Crippen molar-refractivity contribution in [2.24, 2.45) is 11.8 Å². The number of anilines is 1. The Balaban J connectivity index is 1.23. The molecule has 8 heteroatoms. The van der Waals surface area contributed by atoms with Gasteiger partial charge in [-0.1, -0.05) is 11.6 Å². The fraction of sp³-hybridized carbons (Fsp3) is 0.409. The second-order valence-corrected chi connectivity index (χ2v) is 8.34. The number of aromatic nitrogens is 1. The van der Waals surface area contributed by atoms with Gasteiger partial charge in [0.2, 0.25) is 11.8 Å². The molecular weight excluding hydrogens is 406 g/mol. The van der Waals surface area contributed by atoms with E-state index >= 15 is 0 Å². The van der Waals surface area contributed by atoms with E-state index in [2.05, 4.69) is 15.6 Å². The summed E-state index contributed by atoms with van der Waals surface area (Å²) in [6, 6.07) is 8.02. The highest BCUT2D eigenvalue weighted by molar-refractivity contribution is 6.30. The van der Waals surface area contributed by atoms with Crippen molar-refractivity contribution in [1.82, 2.24) is 10.3 Å². The summed E-state index contributed by atoms with van der Waals surface area (Å²) in [4.78, 5) is 28.5. The third-order valence-electron chi connectivity index (χ3n) is 5.31. The molecule has 0 unspecified atom stereocenters. The van der Waals surface area contributed by atoms with E-state index in [1.54, 1.807) is 30.3 Å². The number of rotatable bonds is 7. The van der Waals surface area contributed by atoms with Gasteiger partial charge in [-0.05, 0) is 68.4 Å². The molecule has 2 fully saturated rings. The number of carbonyl (C=O) groups excluding carboxylic acids is 2. The summed E-state index contributed by atoms with van der Waals surface area (Å²) >= 11 is 5.82. The molecule has 2 N–H and O–H groups in total. The van der Waals surface area contributed by atoms with Crippen LogP contribution >= 0.6 is 11.6 Å². The largest absolute Gasteiger partial charge is 0.439 e. The molecule has 7 nitrogen and oxygen atoms in total. The maximum absolute atomic E-state index is 12.2. The number of nitrogens with zero attached hydrogens (tertiary/aromatic N) is 1. The molecular formula is C22H24ClN3O4. The smallest absolute Gasteiger partial charge is 0.325 e. The van der Waals surface area contributed by atoms with Gasteiger partial charge in [0.15, 0.2) is 0 Å². The zero-order valence-electron chi connectivity index (χ0n) is 16.7. The average Bonchev–Trinajstić information content (AvgIpc) is 3.48. The van der Waals surface area contributed by atoms with Crippen molar-refractivity contribution in [2.75, 3.05) is 11.9 Å². The molecule has 0 spiro atoms. The van der Waals surface area contributed by atoms with Gasteiger partial charge in [0.1, 0.15) is 5.75 Å². The van der Waals surface area contributed by atoms with E-state index in [0.717, 1.165) is 12.2 Å². The first-order valence-corrected chi connectivity index (χ1v) is 10.5.